The number of rotatable bonds is 2. The number of hydrogen-bond acceptors (Lipinski definition) is 7. The van der Waals surface area contributed by atoms with E-state index in [9.17, 15) is 9.59 Å². The van der Waals surface area contributed by atoms with Crippen molar-refractivity contribution in [1.82, 2.24) is 45.1 Å². The molecular weight excluding hydrogens is 314 g/mol. The fraction of sp³-hybridized carbons (Fsp3) is 0.538. The highest BCUT2D eigenvalue weighted by Crippen LogP contribution is 2.19. The first kappa shape index (κ1) is 14.8. The minimum absolute atomic E-state index is 0.0617. The van der Waals surface area contributed by atoms with Crippen molar-refractivity contribution in [3.63, 3.8) is 0 Å². The second kappa shape index (κ2) is 5.67. The molecule has 2 saturated heterocycles. The minimum atomic E-state index is -0.273. The van der Waals surface area contributed by atoms with Gasteiger partial charge in [0.2, 0.25) is 5.91 Å². The van der Waals surface area contributed by atoms with Gasteiger partial charge in [0.15, 0.2) is 5.82 Å². The van der Waals surface area contributed by atoms with Crippen LogP contribution in [0, 0.1) is 0 Å². The van der Waals surface area contributed by atoms with Gasteiger partial charge in [-0.25, -0.2) is 0 Å². The maximum atomic E-state index is 12.9. The standard InChI is InChI=1S/C13H17N9O2/c1-19-2-3-20-4-5-21(7-10(20)13(19)24)12(23)9-6-14-16-11(9)22-8-15-17-18-22/h6,8,10H,2-5,7H2,1H3,(H,14,16). The second-order valence-corrected chi connectivity index (χ2v) is 5.95. The Kier molecular flexibility index (Phi) is 3.49. The molecule has 11 heteroatoms. The van der Waals surface area contributed by atoms with E-state index in [0.29, 0.717) is 31.0 Å². The molecule has 1 atom stereocenters. The Balaban J connectivity index is 1.56. The molecule has 0 saturated carbocycles. The van der Waals surface area contributed by atoms with Crippen LogP contribution in [0.1, 0.15) is 10.4 Å². The lowest BCUT2D eigenvalue weighted by Gasteiger charge is -2.45. The topological polar surface area (TPSA) is 116 Å². The fourth-order valence-corrected chi connectivity index (χ4v) is 3.19. The molecule has 0 aliphatic carbocycles. The SMILES string of the molecule is CN1CCN2CCN(C(=O)c3cn[nH]c3-n3cnnn3)CC2C1=O. The Morgan fingerprint density at radius 3 is 2.92 bits per heavy atom. The first-order valence-electron chi connectivity index (χ1n) is 7.70. The number of aromatic nitrogens is 6. The number of amides is 2. The maximum absolute atomic E-state index is 12.9. The molecule has 0 spiro atoms. The summed E-state index contributed by atoms with van der Waals surface area (Å²) >= 11 is 0. The van der Waals surface area contributed by atoms with Crippen molar-refractivity contribution in [2.45, 2.75) is 6.04 Å². The van der Waals surface area contributed by atoms with E-state index in [1.54, 1.807) is 16.8 Å². The zero-order valence-electron chi connectivity index (χ0n) is 13.2. The molecule has 2 aromatic rings. The second-order valence-electron chi connectivity index (χ2n) is 5.95. The largest absolute Gasteiger partial charge is 0.343 e. The van der Waals surface area contributed by atoms with Crippen molar-refractivity contribution >= 4 is 11.8 Å². The molecule has 2 aliphatic rings. The smallest absolute Gasteiger partial charge is 0.259 e. The molecule has 2 aromatic heterocycles. The van der Waals surface area contributed by atoms with E-state index in [0.717, 1.165) is 13.1 Å². The lowest BCUT2D eigenvalue weighted by atomic mass is 10.1. The fourth-order valence-electron chi connectivity index (χ4n) is 3.19. The molecule has 4 rings (SSSR count). The van der Waals surface area contributed by atoms with Gasteiger partial charge in [0, 0.05) is 39.8 Å². The lowest BCUT2D eigenvalue weighted by molar-refractivity contribution is -0.142. The number of piperazine rings is 2. The molecule has 2 aliphatic heterocycles. The van der Waals surface area contributed by atoms with E-state index in [1.165, 1.54) is 17.2 Å². The number of tetrazole rings is 1. The van der Waals surface area contributed by atoms with Gasteiger partial charge >= 0.3 is 0 Å². The van der Waals surface area contributed by atoms with E-state index in [4.69, 9.17) is 0 Å². The van der Waals surface area contributed by atoms with Gasteiger partial charge in [0.05, 0.1) is 6.20 Å². The summed E-state index contributed by atoms with van der Waals surface area (Å²) in [6.07, 6.45) is 2.85. The van der Waals surface area contributed by atoms with Crippen molar-refractivity contribution in [2.24, 2.45) is 0 Å². The monoisotopic (exact) mass is 331 g/mol. The molecule has 0 radical (unpaired) electrons. The highest BCUT2D eigenvalue weighted by molar-refractivity contribution is 5.97. The number of carbonyl (C=O) groups excluding carboxylic acids is 2. The molecule has 126 valence electrons. The molecule has 0 bridgehead atoms. The van der Waals surface area contributed by atoms with Crippen LogP contribution in [0.15, 0.2) is 12.5 Å². The first-order valence-corrected chi connectivity index (χ1v) is 7.70. The molecule has 1 N–H and O–H groups in total. The summed E-state index contributed by atoms with van der Waals surface area (Å²) in [6.45, 7) is 3.22. The Labute approximate surface area is 137 Å². The molecule has 2 amide bonds. The van der Waals surface area contributed by atoms with E-state index in [1.807, 2.05) is 0 Å². The van der Waals surface area contributed by atoms with Crippen LogP contribution in [0.25, 0.3) is 5.82 Å². The average molecular weight is 331 g/mol. The Morgan fingerprint density at radius 2 is 2.12 bits per heavy atom. The minimum Gasteiger partial charge on any atom is -0.343 e. The van der Waals surface area contributed by atoms with Crippen LogP contribution in [0.5, 0.6) is 0 Å². The third kappa shape index (κ3) is 2.33. The quantitative estimate of drug-likeness (QED) is 0.675. The summed E-state index contributed by atoms with van der Waals surface area (Å²) in [5, 5.41) is 17.6. The van der Waals surface area contributed by atoms with E-state index >= 15 is 0 Å². The zero-order chi connectivity index (χ0) is 16.7. The number of aromatic amines is 1. The summed E-state index contributed by atoms with van der Waals surface area (Å²) in [5.74, 6) is 0.293. The van der Waals surface area contributed by atoms with Crippen LogP contribution < -0.4 is 0 Å². The average Bonchev–Trinajstić information content (AvgIpc) is 3.28. The van der Waals surface area contributed by atoms with Crippen molar-refractivity contribution in [3.05, 3.63) is 18.1 Å². The van der Waals surface area contributed by atoms with Crippen molar-refractivity contribution in [1.29, 1.82) is 0 Å². The number of H-pyrrole nitrogens is 1. The maximum Gasteiger partial charge on any atom is 0.259 e. The molecule has 11 nitrogen and oxygen atoms in total. The van der Waals surface area contributed by atoms with Gasteiger partial charge in [-0.3, -0.25) is 19.6 Å². The Morgan fingerprint density at radius 1 is 1.29 bits per heavy atom. The van der Waals surface area contributed by atoms with Gasteiger partial charge in [0.25, 0.3) is 5.91 Å². The highest BCUT2D eigenvalue weighted by atomic mass is 16.2. The number of fused-ring (bicyclic) bond motifs is 1. The van der Waals surface area contributed by atoms with Gasteiger partial charge < -0.3 is 9.80 Å². The molecule has 2 fully saturated rings. The molecule has 0 aromatic carbocycles. The summed E-state index contributed by atoms with van der Waals surface area (Å²) in [5.41, 5.74) is 0.382. The highest BCUT2D eigenvalue weighted by Gasteiger charge is 2.39. The molecule has 4 heterocycles. The third-order valence-electron chi connectivity index (χ3n) is 4.59. The van der Waals surface area contributed by atoms with Crippen LogP contribution in [0.3, 0.4) is 0 Å². The zero-order valence-corrected chi connectivity index (χ0v) is 13.2. The molecule has 24 heavy (non-hydrogen) atoms. The predicted octanol–water partition coefficient (Wildman–Crippen LogP) is -2.02. The normalized spacial score (nSPS) is 21.9. The van der Waals surface area contributed by atoms with Gasteiger partial charge in [-0.2, -0.15) is 9.78 Å². The number of likely N-dealkylation sites (N-methyl/N-ethyl adjacent to an activating group) is 1. The number of nitrogens with one attached hydrogen (secondary N) is 1. The molecular formula is C13H17N9O2. The van der Waals surface area contributed by atoms with Crippen molar-refractivity contribution in [2.75, 3.05) is 39.8 Å². The van der Waals surface area contributed by atoms with Crippen LogP contribution >= 0.6 is 0 Å². The van der Waals surface area contributed by atoms with Gasteiger partial charge in [-0.1, -0.05) is 0 Å². The van der Waals surface area contributed by atoms with Crippen LogP contribution in [-0.2, 0) is 4.79 Å². The third-order valence-corrected chi connectivity index (χ3v) is 4.59. The van der Waals surface area contributed by atoms with E-state index < -0.39 is 0 Å². The summed E-state index contributed by atoms with van der Waals surface area (Å²) < 4.78 is 1.36. The summed E-state index contributed by atoms with van der Waals surface area (Å²) in [6, 6.07) is -0.273. The van der Waals surface area contributed by atoms with Crippen molar-refractivity contribution in [3.8, 4) is 5.82 Å². The van der Waals surface area contributed by atoms with Gasteiger partial charge in [-0.05, 0) is 10.4 Å². The lowest BCUT2D eigenvalue weighted by Crippen LogP contribution is -2.64. The van der Waals surface area contributed by atoms with Gasteiger partial charge in [-0.15, -0.1) is 5.10 Å². The summed E-state index contributed by atoms with van der Waals surface area (Å²) in [4.78, 5) is 30.8. The van der Waals surface area contributed by atoms with Crippen molar-refractivity contribution < 1.29 is 9.59 Å². The first-order chi connectivity index (χ1) is 11.6. The van der Waals surface area contributed by atoms with Crippen LogP contribution in [-0.4, -0.2) is 103 Å². The summed E-state index contributed by atoms with van der Waals surface area (Å²) in [7, 11) is 1.80. The Bertz CT molecular complexity index is 755. The number of nitrogens with zero attached hydrogens (tertiary/aromatic N) is 8. The Hall–Kier alpha value is -2.82. The van der Waals surface area contributed by atoms with Crippen LogP contribution in [0.4, 0.5) is 0 Å². The van der Waals surface area contributed by atoms with E-state index in [-0.39, 0.29) is 17.9 Å². The van der Waals surface area contributed by atoms with Crippen LogP contribution in [0.2, 0.25) is 0 Å². The van der Waals surface area contributed by atoms with E-state index in [2.05, 4.69) is 30.6 Å². The number of hydrogen-bond donors (Lipinski definition) is 1. The molecule has 1 unspecified atom stereocenters. The number of carbonyl (C=O) groups is 2. The predicted molar refractivity (Wildman–Crippen MR) is 80.2 cm³/mol. The van der Waals surface area contributed by atoms with Gasteiger partial charge in [0.1, 0.15) is 17.9 Å².